The van der Waals surface area contributed by atoms with Gasteiger partial charge in [-0.05, 0) is 23.8 Å². The van der Waals surface area contributed by atoms with Crippen molar-refractivity contribution in [2.45, 2.75) is 13.5 Å². The highest BCUT2D eigenvalue weighted by Gasteiger charge is 2.20. The minimum Gasteiger partial charge on any atom is -0.366 e. The summed E-state index contributed by atoms with van der Waals surface area (Å²) >= 11 is 0. The van der Waals surface area contributed by atoms with Gasteiger partial charge in [-0.1, -0.05) is 0 Å². The van der Waals surface area contributed by atoms with Crippen molar-refractivity contribution in [2.75, 3.05) is 36.4 Å². The molecule has 0 bridgehead atoms. The van der Waals surface area contributed by atoms with Gasteiger partial charge in [0.05, 0.1) is 0 Å². The van der Waals surface area contributed by atoms with Gasteiger partial charge in [0.2, 0.25) is 11.9 Å². The quantitative estimate of drug-likeness (QED) is 0.913. The third kappa shape index (κ3) is 3.94. The van der Waals surface area contributed by atoms with Crippen LogP contribution < -0.4 is 10.2 Å². The maximum absolute atomic E-state index is 11.4. The fraction of sp³-hybridized carbons (Fsp3) is 0.375. The van der Waals surface area contributed by atoms with Crippen molar-refractivity contribution in [3.63, 3.8) is 0 Å². The van der Waals surface area contributed by atoms with Crippen LogP contribution in [0.15, 0.2) is 36.8 Å². The second-order valence-corrected chi connectivity index (χ2v) is 5.44. The Morgan fingerprint density at radius 2 is 1.87 bits per heavy atom. The Labute approximate surface area is 135 Å². The molecule has 0 atom stereocenters. The molecule has 1 amide bonds. The molecule has 3 rings (SSSR count). The van der Waals surface area contributed by atoms with Crippen LogP contribution in [0.2, 0.25) is 0 Å². The summed E-state index contributed by atoms with van der Waals surface area (Å²) in [5.41, 5.74) is 1.15. The van der Waals surface area contributed by atoms with Gasteiger partial charge in [-0.2, -0.15) is 4.98 Å². The number of amides is 1. The SMILES string of the molecule is CC(=O)N1CCN(c2nccc(NCc3ccncc3)n2)CC1. The number of nitrogens with one attached hydrogen (secondary N) is 1. The number of carbonyl (C=O) groups is 1. The number of carbonyl (C=O) groups excluding carboxylic acids is 1. The van der Waals surface area contributed by atoms with Crippen LogP contribution in [0.25, 0.3) is 0 Å². The van der Waals surface area contributed by atoms with Gasteiger partial charge in [-0.15, -0.1) is 0 Å². The molecule has 1 saturated heterocycles. The van der Waals surface area contributed by atoms with Crippen molar-refractivity contribution in [3.05, 3.63) is 42.4 Å². The molecular weight excluding hydrogens is 292 g/mol. The van der Waals surface area contributed by atoms with Crippen molar-refractivity contribution in [1.29, 1.82) is 0 Å². The highest BCUT2D eigenvalue weighted by molar-refractivity contribution is 5.73. The number of hydrogen-bond donors (Lipinski definition) is 1. The van der Waals surface area contributed by atoms with Crippen molar-refractivity contribution < 1.29 is 4.79 Å². The first-order valence-electron chi connectivity index (χ1n) is 7.68. The number of rotatable bonds is 4. The number of anilines is 2. The molecule has 1 fully saturated rings. The lowest BCUT2D eigenvalue weighted by atomic mass is 10.3. The molecule has 0 saturated carbocycles. The molecule has 0 aromatic carbocycles. The van der Waals surface area contributed by atoms with Gasteiger partial charge >= 0.3 is 0 Å². The predicted octanol–water partition coefficient (Wildman–Crippen LogP) is 1.15. The molecule has 23 heavy (non-hydrogen) atoms. The largest absolute Gasteiger partial charge is 0.366 e. The summed E-state index contributed by atoms with van der Waals surface area (Å²) in [6.45, 7) is 5.24. The lowest BCUT2D eigenvalue weighted by molar-refractivity contribution is -0.129. The normalized spacial score (nSPS) is 14.7. The van der Waals surface area contributed by atoms with Gasteiger partial charge in [-0.25, -0.2) is 4.98 Å². The van der Waals surface area contributed by atoms with Crippen LogP contribution in [-0.2, 0) is 11.3 Å². The lowest BCUT2D eigenvalue weighted by Crippen LogP contribution is -2.48. The number of piperazine rings is 1. The van der Waals surface area contributed by atoms with E-state index in [1.54, 1.807) is 25.5 Å². The average molecular weight is 312 g/mol. The van der Waals surface area contributed by atoms with Gasteiger partial charge in [0.25, 0.3) is 0 Å². The fourth-order valence-corrected chi connectivity index (χ4v) is 2.51. The fourth-order valence-electron chi connectivity index (χ4n) is 2.51. The first-order chi connectivity index (χ1) is 11.2. The van der Waals surface area contributed by atoms with Gasteiger partial charge in [0, 0.05) is 58.2 Å². The van der Waals surface area contributed by atoms with Crippen LogP contribution in [0.5, 0.6) is 0 Å². The van der Waals surface area contributed by atoms with Gasteiger partial charge < -0.3 is 15.1 Å². The zero-order valence-corrected chi connectivity index (χ0v) is 13.1. The Bertz CT molecular complexity index is 655. The van der Waals surface area contributed by atoms with Crippen LogP contribution in [-0.4, -0.2) is 51.9 Å². The van der Waals surface area contributed by atoms with Crippen molar-refractivity contribution >= 4 is 17.7 Å². The Hall–Kier alpha value is -2.70. The van der Waals surface area contributed by atoms with E-state index in [4.69, 9.17) is 0 Å². The maximum atomic E-state index is 11.4. The molecule has 0 radical (unpaired) electrons. The summed E-state index contributed by atoms with van der Waals surface area (Å²) in [5.74, 6) is 1.62. The molecule has 2 aromatic heterocycles. The molecule has 0 aliphatic carbocycles. The third-order valence-corrected chi connectivity index (χ3v) is 3.87. The highest BCUT2D eigenvalue weighted by atomic mass is 16.2. The van der Waals surface area contributed by atoms with E-state index in [2.05, 4.69) is 25.2 Å². The summed E-state index contributed by atoms with van der Waals surface area (Å²) in [6, 6.07) is 5.79. The van der Waals surface area contributed by atoms with Crippen LogP contribution in [0, 0.1) is 0 Å². The molecular formula is C16H20N6O. The summed E-state index contributed by atoms with van der Waals surface area (Å²) < 4.78 is 0. The molecule has 0 spiro atoms. The zero-order chi connectivity index (χ0) is 16.1. The third-order valence-electron chi connectivity index (χ3n) is 3.87. The molecule has 120 valence electrons. The minimum atomic E-state index is 0.123. The lowest BCUT2D eigenvalue weighted by Gasteiger charge is -2.34. The summed E-state index contributed by atoms with van der Waals surface area (Å²) in [5, 5.41) is 3.30. The predicted molar refractivity (Wildman–Crippen MR) is 88.1 cm³/mol. The molecule has 1 N–H and O–H groups in total. The van der Waals surface area contributed by atoms with E-state index in [-0.39, 0.29) is 5.91 Å². The molecule has 7 heteroatoms. The Balaban J connectivity index is 1.60. The number of pyridine rings is 1. The van der Waals surface area contributed by atoms with Gasteiger partial charge in [0.1, 0.15) is 5.82 Å². The second kappa shape index (κ2) is 7.04. The van der Waals surface area contributed by atoms with Crippen LogP contribution >= 0.6 is 0 Å². The maximum Gasteiger partial charge on any atom is 0.227 e. The van der Waals surface area contributed by atoms with Crippen molar-refractivity contribution in [1.82, 2.24) is 19.9 Å². The summed E-state index contributed by atoms with van der Waals surface area (Å²) in [6.07, 6.45) is 5.31. The van der Waals surface area contributed by atoms with E-state index in [9.17, 15) is 4.79 Å². The number of aromatic nitrogens is 3. The Morgan fingerprint density at radius 1 is 1.13 bits per heavy atom. The van der Waals surface area contributed by atoms with Crippen LogP contribution in [0.3, 0.4) is 0 Å². The molecule has 1 aliphatic rings. The minimum absolute atomic E-state index is 0.123. The zero-order valence-electron chi connectivity index (χ0n) is 13.1. The smallest absolute Gasteiger partial charge is 0.227 e. The highest BCUT2D eigenvalue weighted by Crippen LogP contribution is 2.14. The molecule has 7 nitrogen and oxygen atoms in total. The van der Waals surface area contributed by atoms with E-state index in [0.717, 1.165) is 24.5 Å². The van der Waals surface area contributed by atoms with E-state index in [1.807, 2.05) is 23.1 Å². The first kappa shape index (κ1) is 15.2. The molecule has 2 aromatic rings. The van der Waals surface area contributed by atoms with Crippen LogP contribution in [0.4, 0.5) is 11.8 Å². The van der Waals surface area contributed by atoms with Gasteiger partial charge in [0.15, 0.2) is 0 Å². The topological polar surface area (TPSA) is 74.2 Å². The monoisotopic (exact) mass is 312 g/mol. The number of hydrogen-bond acceptors (Lipinski definition) is 6. The molecule has 0 unspecified atom stereocenters. The van der Waals surface area contributed by atoms with E-state index in [1.165, 1.54) is 0 Å². The first-order valence-corrected chi connectivity index (χ1v) is 7.68. The van der Waals surface area contributed by atoms with E-state index in [0.29, 0.717) is 25.6 Å². The van der Waals surface area contributed by atoms with E-state index >= 15 is 0 Å². The van der Waals surface area contributed by atoms with Crippen molar-refractivity contribution in [3.8, 4) is 0 Å². The summed E-state index contributed by atoms with van der Waals surface area (Å²) in [4.78, 5) is 28.3. The van der Waals surface area contributed by atoms with E-state index < -0.39 is 0 Å². The number of nitrogens with zero attached hydrogens (tertiary/aromatic N) is 5. The Kier molecular flexibility index (Phi) is 4.65. The summed E-state index contributed by atoms with van der Waals surface area (Å²) in [7, 11) is 0. The van der Waals surface area contributed by atoms with Gasteiger partial charge in [-0.3, -0.25) is 9.78 Å². The second-order valence-electron chi connectivity index (χ2n) is 5.44. The van der Waals surface area contributed by atoms with Crippen LogP contribution in [0.1, 0.15) is 12.5 Å². The van der Waals surface area contributed by atoms with Crippen molar-refractivity contribution in [2.24, 2.45) is 0 Å². The standard InChI is InChI=1S/C16H20N6O/c1-13(23)21-8-10-22(11-9-21)16-18-7-4-15(20-16)19-12-14-2-5-17-6-3-14/h2-7H,8-12H2,1H3,(H,18,19,20). The average Bonchev–Trinajstić information content (AvgIpc) is 2.61. The molecule has 1 aliphatic heterocycles. The molecule has 3 heterocycles. The Morgan fingerprint density at radius 3 is 2.57 bits per heavy atom.